The van der Waals surface area contributed by atoms with Crippen LogP contribution in [0.5, 0.6) is 28.7 Å². The number of fused-ring (bicyclic) bond motifs is 1. The van der Waals surface area contributed by atoms with E-state index in [2.05, 4.69) is 39.9 Å². The largest absolute Gasteiger partial charge is 0.508 e. The summed E-state index contributed by atoms with van der Waals surface area (Å²) in [7, 11) is 6.55. The lowest BCUT2D eigenvalue weighted by atomic mass is 9.68. The van der Waals surface area contributed by atoms with Gasteiger partial charge in [0.1, 0.15) is 18.3 Å². The van der Waals surface area contributed by atoms with Crippen molar-refractivity contribution < 1.29 is 44.5 Å². The molecule has 5 aromatic carbocycles. The minimum atomic E-state index is -1.20. The van der Waals surface area contributed by atoms with Gasteiger partial charge in [0.25, 0.3) is 0 Å². The average Bonchev–Trinajstić information content (AvgIpc) is 3.75. The molecule has 0 saturated carbocycles. The van der Waals surface area contributed by atoms with Crippen molar-refractivity contribution in [1.29, 1.82) is 0 Å². The fraction of sp³-hybridized carbons (Fsp3) is 0.377. The van der Waals surface area contributed by atoms with Crippen LogP contribution in [0.25, 0.3) is 10.8 Å². The maximum Gasteiger partial charge on any atom is 0.186 e. The van der Waals surface area contributed by atoms with E-state index in [1.54, 1.807) is 59.9 Å². The maximum absolute atomic E-state index is 15.8. The second kappa shape index (κ2) is 21.4. The van der Waals surface area contributed by atoms with E-state index in [4.69, 9.17) is 14.2 Å². The summed E-state index contributed by atoms with van der Waals surface area (Å²) in [6.07, 6.45) is 4.93. The second-order valence-corrected chi connectivity index (χ2v) is 20.7. The Morgan fingerprint density at radius 2 is 1.84 bits per heavy atom. The van der Waals surface area contributed by atoms with Crippen molar-refractivity contribution in [3.8, 4) is 28.7 Å². The number of β-amino-alcohol motifs (C(OH)–C–C–N with tert-alkyl or cyclic N) is 1. The molecule has 354 valence electrons. The summed E-state index contributed by atoms with van der Waals surface area (Å²) >= 11 is 0. The van der Waals surface area contributed by atoms with E-state index in [-0.39, 0.29) is 42.1 Å². The molecule has 6 aromatic rings. The number of aromatic nitrogens is 1. The molecular weight excluding hydrogens is 887 g/mol. The zero-order valence-corrected chi connectivity index (χ0v) is 39.9. The number of nitrogens with one attached hydrogen (secondary N) is 3. The van der Waals surface area contributed by atoms with Crippen LogP contribution in [0.2, 0.25) is 0 Å². The lowest BCUT2D eigenvalue weighted by Gasteiger charge is -2.35. The standard InChI is InChI=1S/C53H61N3O9S2/c1-52(62)29-56-31-64-51-46(65-32-57)14-12-38-26-53(17-15-47(49(38)51)67-66-30-52,40-20-34(27-54-2)21-41(58)24-40)48(61)25-45(60)39(19-33-16-18-55-28-33)22-37-11-13-44(59)50(63-3)43(37)23-36-9-6-8-35-7-4-5-10-42(35)36/h4-14,16,18,20-21,24,28,39,45,47,54-60,62H,15,17,19,22-23,25-27,29-32H2,1-3H3/t39-,45-,47-,52+,53+/m1/s1. The highest BCUT2D eigenvalue weighted by atomic mass is 33.1. The number of Topliss-reactive ketones (excluding diaryl/α,β-unsaturated/α-hetero) is 1. The van der Waals surface area contributed by atoms with Crippen LogP contribution in [0.4, 0.5) is 0 Å². The predicted octanol–water partition coefficient (Wildman–Crippen LogP) is 8.04. The van der Waals surface area contributed by atoms with E-state index in [1.807, 2.05) is 61.9 Å². The van der Waals surface area contributed by atoms with Crippen molar-refractivity contribution in [3.63, 3.8) is 0 Å². The highest BCUT2D eigenvalue weighted by molar-refractivity contribution is 8.76. The van der Waals surface area contributed by atoms with Crippen molar-refractivity contribution in [1.82, 2.24) is 15.6 Å². The molecule has 67 heavy (non-hydrogen) atoms. The quantitative estimate of drug-likeness (QED) is 0.0345. The molecule has 0 saturated heterocycles. The second-order valence-electron chi connectivity index (χ2n) is 18.2. The van der Waals surface area contributed by atoms with Crippen LogP contribution in [-0.4, -0.2) is 88.0 Å². The molecule has 0 bridgehead atoms. The molecule has 0 unspecified atom stereocenters. The van der Waals surface area contributed by atoms with Gasteiger partial charge in [0.2, 0.25) is 0 Å². The Bertz CT molecular complexity index is 2650. The van der Waals surface area contributed by atoms with E-state index in [1.165, 1.54) is 0 Å². The summed E-state index contributed by atoms with van der Waals surface area (Å²) in [5.41, 5.74) is 4.70. The number of carbonyl (C=O) groups is 1. The van der Waals surface area contributed by atoms with E-state index < -0.39 is 29.8 Å². The molecule has 2 aliphatic rings. The topological polar surface area (TPSA) is 186 Å². The van der Waals surface area contributed by atoms with Gasteiger partial charge in [-0.3, -0.25) is 10.1 Å². The average molecular weight is 948 g/mol. The number of aromatic hydroxyl groups is 2. The number of ketones is 1. The van der Waals surface area contributed by atoms with Crippen LogP contribution in [0.1, 0.15) is 75.9 Å². The van der Waals surface area contributed by atoms with Crippen LogP contribution < -0.4 is 24.8 Å². The first-order chi connectivity index (χ1) is 32.4. The molecule has 2 heterocycles. The van der Waals surface area contributed by atoms with Crippen molar-refractivity contribution in [2.24, 2.45) is 5.92 Å². The number of phenols is 2. The molecule has 8 N–H and O–H groups in total. The molecule has 0 radical (unpaired) electrons. The number of ether oxygens (including phenoxy) is 3. The number of hydrogen-bond donors (Lipinski definition) is 8. The van der Waals surface area contributed by atoms with Gasteiger partial charge in [-0.2, -0.15) is 0 Å². The molecule has 14 heteroatoms. The fourth-order valence-electron chi connectivity index (χ4n) is 10.0. The van der Waals surface area contributed by atoms with Crippen LogP contribution in [0.3, 0.4) is 0 Å². The van der Waals surface area contributed by atoms with E-state index in [9.17, 15) is 25.5 Å². The zero-order chi connectivity index (χ0) is 47.1. The summed E-state index contributed by atoms with van der Waals surface area (Å²) in [5.74, 6) is 1.11. The summed E-state index contributed by atoms with van der Waals surface area (Å²) in [4.78, 5) is 18.9. The monoisotopic (exact) mass is 947 g/mol. The Kier molecular flexibility index (Phi) is 15.4. The number of methoxy groups -OCH3 is 1. The molecule has 0 amide bonds. The van der Waals surface area contributed by atoms with E-state index in [0.717, 1.165) is 49.7 Å². The van der Waals surface area contributed by atoms with Crippen LogP contribution in [0.15, 0.2) is 103 Å². The third kappa shape index (κ3) is 10.9. The third-order valence-electron chi connectivity index (χ3n) is 13.3. The number of aromatic amines is 1. The number of rotatable bonds is 16. The molecule has 0 spiro atoms. The normalized spacial score (nSPS) is 20.7. The van der Waals surface area contributed by atoms with Gasteiger partial charge in [-0.25, -0.2) is 0 Å². The first-order valence-corrected chi connectivity index (χ1v) is 25.2. The Morgan fingerprint density at radius 3 is 2.63 bits per heavy atom. The smallest absolute Gasteiger partial charge is 0.186 e. The molecule has 0 fully saturated rings. The van der Waals surface area contributed by atoms with Crippen molar-refractivity contribution >= 4 is 38.1 Å². The highest BCUT2D eigenvalue weighted by Gasteiger charge is 2.46. The number of aliphatic hydroxyl groups excluding tert-OH is 2. The molecule has 12 nitrogen and oxygen atoms in total. The summed E-state index contributed by atoms with van der Waals surface area (Å²) in [6, 6.07) is 29.0. The van der Waals surface area contributed by atoms with Gasteiger partial charge in [-0.1, -0.05) is 82.3 Å². The molecule has 1 aromatic heterocycles. The zero-order valence-electron chi connectivity index (χ0n) is 38.2. The van der Waals surface area contributed by atoms with Gasteiger partial charge >= 0.3 is 0 Å². The van der Waals surface area contributed by atoms with Crippen molar-refractivity contribution in [3.05, 3.63) is 148 Å². The van der Waals surface area contributed by atoms with Crippen molar-refractivity contribution in [2.45, 2.75) is 80.8 Å². The lowest BCUT2D eigenvalue weighted by Crippen LogP contribution is -2.41. The van der Waals surface area contributed by atoms with Gasteiger partial charge in [0.05, 0.1) is 24.2 Å². The van der Waals surface area contributed by atoms with Gasteiger partial charge < -0.3 is 50.0 Å². The summed E-state index contributed by atoms with van der Waals surface area (Å²) in [5, 5.41) is 64.6. The number of aliphatic hydroxyl groups is 3. The lowest BCUT2D eigenvalue weighted by molar-refractivity contribution is -0.127. The minimum Gasteiger partial charge on any atom is -0.508 e. The predicted molar refractivity (Wildman–Crippen MR) is 265 cm³/mol. The molecule has 1 aliphatic carbocycles. The Hall–Kier alpha value is -5.19. The molecule has 5 atom stereocenters. The van der Waals surface area contributed by atoms with Gasteiger partial charge in [-0.15, -0.1) is 0 Å². The van der Waals surface area contributed by atoms with Crippen LogP contribution in [0, 0.1) is 5.92 Å². The highest BCUT2D eigenvalue weighted by Crippen LogP contribution is 2.55. The maximum atomic E-state index is 15.8. The number of benzene rings is 5. The van der Waals surface area contributed by atoms with Crippen LogP contribution >= 0.6 is 21.6 Å². The number of H-pyrrole nitrogens is 1. The first-order valence-electron chi connectivity index (χ1n) is 22.8. The molecule has 8 rings (SSSR count). The Labute approximate surface area is 399 Å². The summed E-state index contributed by atoms with van der Waals surface area (Å²) in [6.45, 7) is 2.06. The minimum absolute atomic E-state index is 0.0241. The van der Waals surface area contributed by atoms with Crippen molar-refractivity contribution in [2.75, 3.05) is 40.0 Å². The molecule has 1 aliphatic heterocycles. The summed E-state index contributed by atoms with van der Waals surface area (Å²) < 4.78 is 18.0. The van der Waals surface area contributed by atoms with Crippen LogP contribution in [-0.2, 0) is 42.4 Å². The Balaban J connectivity index is 1.20. The van der Waals surface area contributed by atoms with Gasteiger partial charge in [0.15, 0.2) is 29.8 Å². The molecular formula is C53H61N3O9S2. The fourth-order valence-corrected chi connectivity index (χ4v) is 13.2. The first kappa shape index (κ1) is 48.3. The van der Waals surface area contributed by atoms with E-state index >= 15 is 4.79 Å². The number of carbonyl (C=O) groups excluding carboxylic acids is 1. The van der Waals surface area contributed by atoms with Gasteiger partial charge in [-0.05, 0) is 126 Å². The van der Waals surface area contributed by atoms with E-state index in [0.29, 0.717) is 73.8 Å². The Morgan fingerprint density at radius 1 is 1.00 bits per heavy atom. The SMILES string of the molecule is CNCc1cc(O)cc([C@]2(C(=O)C[C@@H](O)[C@H](Cc3cc[nH]c3)Cc3ccc(O)c(OC)c3Cc3cccc4ccccc34)CC[C@H]3SSC[C@@](C)(O)CNCOc4c(OCO)ccc(c43)C2)c1. The van der Waals surface area contributed by atoms with Gasteiger partial charge in [0, 0.05) is 60.5 Å². The third-order valence-corrected chi connectivity index (χ3v) is 16.3. The number of hydrogen-bond acceptors (Lipinski definition) is 13. The number of phenolic OH excluding ortho intramolecular Hbond substituents is 2.